The van der Waals surface area contributed by atoms with Gasteiger partial charge in [0.2, 0.25) is 5.70 Å². The summed E-state index contributed by atoms with van der Waals surface area (Å²) in [7, 11) is -1.84. The van der Waals surface area contributed by atoms with Gasteiger partial charge in [-0.2, -0.15) is 0 Å². The van der Waals surface area contributed by atoms with Crippen LogP contribution in [0.25, 0.3) is 15.8 Å². The first-order chi connectivity index (χ1) is 16.6. The third kappa shape index (κ3) is 7.08. The van der Waals surface area contributed by atoms with Crippen LogP contribution in [-0.2, 0) is 20.7 Å². The van der Waals surface area contributed by atoms with E-state index in [2.05, 4.69) is 10.2 Å². The second kappa shape index (κ2) is 11.4. The summed E-state index contributed by atoms with van der Waals surface area (Å²) >= 11 is 0. The molecule has 0 unspecified atom stereocenters. The van der Waals surface area contributed by atoms with Crippen molar-refractivity contribution in [2.24, 2.45) is 5.41 Å². The summed E-state index contributed by atoms with van der Waals surface area (Å²) in [5.41, 5.74) is 1.00. The molecule has 0 spiro atoms. The number of hydrogen-bond donors (Lipinski definition) is 3. The molecule has 2 heterocycles. The molecule has 1 aromatic carbocycles. The predicted molar refractivity (Wildman–Crippen MR) is 129 cm³/mol. The van der Waals surface area contributed by atoms with E-state index in [9.17, 15) is 19.6 Å². The van der Waals surface area contributed by atoms with Gasteiger partial charge in [-0.3, -0.25) is 4.79 Å². The van der Waals surface area contributed by atoms with E-state index in [1.165, 1.54) is 11.2 Å². The first-order valence-electron chi connectivity index (χ1n) is 11.3. The number of carbonyl (C=O) groups is 2. The second-order valence-electron chi connectivity index (χ2n) is 9.46. The Morgan fingerprint density at radius 2 is 2.11 bits per heavy atom. The number of allylic oxidation sites excluding steroid dienone is 1. The number of rotatable bonds is 7. The molecule has 1 saturated heterocycles. The molecule has 1 fully saturated rings. The molecule has 0 bridgehead atoms. The largest absolute Gasteiger partial charge is 0.475 e. The van der Waals surface area contributed by atoms with Crippen LogP contribution in [0, 0.1) is 12.0 Å². The highest BCUT2D eigenvalue weighted by molar-refractivity contribution is 6.43. The highest BCUT2D eigenvalue weighted by atomic mass is 16.6. The fourth-order valence-corrected chi connectivity index (χ4v) is 3.78. The lowest BCUT2D eigenvalue weighted by atomic mass is 9.76. The Hall–Kier alpha value is -3.33. The summed E-state index contributed by atoms with van der Waals surface area (Å²) in [5, 5.41) is 22.9. The minimum Gasteiger partial charge on any atom is -0.464 e. The van der Waals surface area contributed by atoms with Crippen LogP contribution in [0.5, 0.6) is 0 Å². The minimum atomic E-state index is -1.84. The molecule has 3 N–H and O–H groups in total. The van der Waals surface area contributed by atoms with Crippen LogP contribution in [0.4, 0.5) is 4.79 Å². The van der Waals surface area contributed by atoms with Crippen LogP contribution < -0.4 is 5.32 Å². The monoisotopic (exact) mass is 483 g/mol. The lowest BCUT2D eigenvalue weighted by Crippen LogP contribution is -2.53. The van der Waals surface area contributed by atoms with Gasteiger partial charge in [0.1, 0.15) is 12.2 Å². The van der Waals surface area contributed by atoms with Crippen LogP contribution in [0.3, 0.4) is 0 Å². The summed E-state index contributed by atoms with van der Waals surface area (Å²) < 4.78 is 16.2. The van der Waals surface area contributed by atoms with Crippen LogP contribution in [0.1, 0.15) is 26.3 Å². The Bertz CT molecular complexity index is 1120. The molecule has 186 valence electrons. The number of benzene rings is 1. The molecule has 0 aliphatic carbocycles. The van der Waals surface area contributed by atoms with E-state index in [-0.39, 0.29) is 37.3 Å². The second-order valence-corrected chi connectivity index (χ2v) is 9.46. The van der Waals surface area contributed by atoms with Gasteiger partial charge < -0.3 is 34.2 Å². The molecule has 1 aliphatic rings. The number of morpholine rings is 1. The smallest absolute Gasteiger partial charge is 0.464 e. The zero-order valence-electron chi connectivity index (χ0n) is 20.1. The SMILES string of the molecule is [C-]#[N+]C(=CC(C)(C)C)C(=O)N1CCOC[C@@H]1COC(=O)N[C@@H](Cc1coc2ccccc12)B(O)O. The van der Waals surface area contributed by atoms with E-state index in [4.69, 9.17) is 20.5 Å². The van der Waals surface area contributed by atoms with Gasteiger partial charge in [-0.1, -0.05) is 45.0 Å². The van der Waals surface area contributed by atoms with Gasteiger partial charge in [-0.05, 0) is 23.5 Å². The van der Waals surface area contributed by atoms with Crippen molar-refractivity contribution < 1.29 is 33.5 Å². The molecule has 1 aliphatic heterocycles. The van der Waals surface area contributed by atoms with Gasteiger partial charge >= 0.3 is 13.2 Å². The van der Waals surface area contributed by atoms with E-state index >= 15 is 0 Å². The maximum atomic E-state index is 13.0. The molecule has 2 amide bonds. The Labute approximate surface area is 204 Å². The van der Waals surface area contributed by atoms with Crippen molar-refractivity contribution in [2.45, 2.75) is 39.2 Å². The Kier molecular flexibility index (Phi) is 8.56. The van der Waals surface area contributed by atoms with Crippen molar-refractivity contribution in [2.75, 3.05) is 26.4 Å². The van der Waals surface area contributed by atoms with E-state index in [1.54, 1.807) is 12.1 Å². The molecule has 0 radical (unpaired) electrons. The topological polar surface area (TPSA) is 126 Å². The molecule has 1 aromatic heterocycles. The first kappa shape index (κ1) is 26.3. The quantitative estimate of drug-likeness (QED) is 0.313. The summed E-state index contributed by atoms with van der Waals surface area (Å²) in [6.45, 7) is 13.6. The van der Waals surface area contributed by atoms with E-state index < -0.39 is 31.1 Å². The molecule has 0 saturated carbocycles. The van der Waals surface area contributed by atoms with Gasteiger partial charge in [0.05, 0.1) is 38.0 Å². The van der Waals surface area contributed by atoms with E-state index in [1.807, 2.05) is 39.0 Å². The molecule has 2 aromatic rings. The number of alkyl carbamates (subject to hydrolysis) is 1. The van der Waals surface area contributed by atoms with Crippen LogP contribution in [0.2, 0.25) is 0 Å². The molecule has 11 heteroatoms. The number of amides is 2. The maximum absolute atomic E-state index is 13.0. The lowest BCUT2D eigenvalue weighted by Gasteiger charge is -2.35. The zero-order valence-corrected chi connectivity index (χ0v) is 20.1. The lowest BCUT2D eigenvalue weighted by molar-refractivity contribution is -0.137. The molecular formula is C24H30BN3O7. The number of hydrogen-bond acceptors (Lipinski definition) is 7. The minimum absolute atomic E-state index is 0.00431. The van der Waals surface area contributed by atoms with E-state index in [0.717, 1.165) is 5.39 Å². The fourth-order valence-electron chi connectivity index (χ4n) is 3.78. The van der Waals surface area contributed by atoms with Crippen molar-refractivity contribution in [1.29, 1.82) is 0 Å². The van der Waals surface area contributed by atoms with Crippen molar-refractivity contribution in [3.63, 3.8) is 0 Å². The standard InChI is InChI=1S/C24H30BN3O7/c1-24(2,3)12-19(26-4)22(29)28-9-10-33-14-17(28)15-35-23(30)27-21(25(31)32)11-16-13-34-20-8-6-5-7-18(16)20/h5-8,12-13,17,21,31-32H,9-11,14-15H2,1-3H3,(H,27,30)/t17-,21+/m1/s1. The van der Waals surface area contributed by atoms with Gasteiger partial charge in [0, 0.05) is 11.9 Å². The summed E-state index contributed by atoms with van der Waals surface area (Å²) in [5.74, 6) is -1.49. The Morgan fingerprint density at radius 1 is 1.37 bits per heavy atom. The van der Waals surface area contributed by atoms with E-state index in [0.29, 0.717) is 17.8 Å². The normalized spacial score (nSPS) is 17.5. The number of fused-ring (bicyclic) bond motifs is 1. The molecule has 2 atom stereocenters. The molecule has 3 rings (SSSR count). The van der Waals surface area contributed by atoms with Crippen molar-refractivity contribution >= 4 is 30.1 Å². The summed E-state index contributed by atoms with van der Waals surface area (Å²) in [6.07, 6.45) is 2.36. The van der Waals surface area contributed by atoms with Crippen LogP contribution in [-0.4, -0.2) is 72.4 Å². The predicted octanol–water partition coefficient (Wildman–Crippen LogP) is 2.16. The molecular weight excluding hydrogens is 453 g/mol. The van der Waals surface area contributed by atoms with Crippen molar-refractivity contribution in [3.05, 3.63) is 59.3 Å². The molecule has 10 nitrogen and oxygen atoms in total. The number of carbonyl (C=O) groups excluding carboxylic acids is 2. The average molecular weight is 483 g/mol. The number of furan rings is 1. The number of nitrogens with zero attached hydrogens (tertiary/aromatic N) is 2. The van der Waals surface area contributed by atoms with Crippen molar-refractivity contribution in [1.82, 2.24) is 10.2 Å². The van der Waals surface area contributed by atoms with Gasteiger partial charge in [0.15, 0.2) is 0 Å². The fraction of sp³-hybridized carbons (Fsp3) is 0.458. The maximum Gasteiger partial charge on any atom is 0.475 e. The highest BCUT2D eigenvalue weighted by Crippen LogP contribution is 2.23. The highest BCUT2D eigenvalue weighted by Gasteiger charge is 2.32. The third-order valence-electron chi connectivity index (χ3n) is 5.47. The summed E-state index contributed by atoms with van der Waals surface area (Å²) in [4.78, 5) is 30.3. The Morgan fingerprint density at radius 3 is 2.80 bits per heavy atom. The molecule has 35 heavy (non-hydrogen) atoms. The van der Waals surface area contributed by atoms with Crippen LogP contribution in [0.15, 0.2) is 46.7 Å². The summed E-state index contributed by atoms with van der Waals surface area (Å²) in [6, 6.07) is 6.71. The van der Waals surface area contributed by atoms with Gasteiger partial charge in [-0.25, -0.2) is 9.64 Å². The Balaban J connectivity index is 1.62. The van der Waals surface area contributed by atoms with Crippen LogP contribution >= 0.6 is 0 Å². The third-order valence-corrected chi connectivity index (χ3v) is 5.47. The average Bonchev–Trinajstić information content (AvgIpc) is 3.22. The number of ether oxygens (including phenoxy) is 2. The number of para-hydroxylation sites is 1. The van der Waals surface area contributed by atoms with Gasteiger partial charge in [-0.15, -0.1) is 0 Å². The van der Waals surface area contributed by atoms with Crippen molar-refractivity contribution in [3.8, 4) is 0 Å². The number of nitrogens with one attached hydrogen (secondary N) is 1. The first-order valence-corrected chi connectivity index (χ1v) is 11.3. The zero-order chi connectivity index (χ0) is 25.6. The van der Waals surface area contributed by atoms with Gasteiger partial charge in [0.25, 0.3) is 5.91 Å².